The minimum absolute atomic E-state index is 0.0257. The van der Waals surface area contributed by atoms with E-state index in [4.69, 9.17) is 22.1 Å². The standard InChI is InChI=1S/C22H25ClFN5O3S/c1-13(2)33(30,31)20-7-5-15(24)11-18(20)27-21-16(23)12-26-22(29-21)28-17-10-14(8-9-25)4-6-19(17)32-3/h4-7,10-13H,8-9,25H2,1-3H3,(H2,26,27,28,29). The van der Waals surface area contributed by atoms with E-state index in [0.29, 0.717) is 24.4 Å². The van der Waals surface area contributed by atoms with Gasteiger partial charge in [0.05, 0.1) is 34.8 Å². The molecule has 176 valence electrons. The summed E-state index contributed by atoms with van der Waals surface area (Å²) in [5.74, 6) is 0.247. The van der Waals surface area contributed by atoms with Crippen LogP contribution in [0.2, 0.25) is 5.02 Å². The van der Waals surface area contributed by atoms with Gasteiger partial charge in [0.15, 0.2) is 15.7 Å². The van der Waals surface area contributed by atoms with Gasteiger partial charge < -0.3 is 21.1 Å². The molecule has 0 aliphatic rings. The van der Waals surface area contributed by atoms with Gasteiger partial charge in [0.25, 0.3) is 0 Å². The molecular weight excluding hydrogens is 469 g/mol. The summed E-state index contributed by atoms with van der Waals surface area (Å²) in [5.41, 5.74) is 7.29. The van der Waals surface area contributed by atoms with E-state index >= 15 is 0 Å². The van der Waals surface area contributed by atoms with Crippen LogP contribution in [0.4, 0.5) is 27.5 Å². The number of sulfone groups is 1. The third-order valence-electron chi connectivity index (χ3n) is 4.81. The number of rotatable bonds is 9. The smallest absolute Gasteiger partial charge is 0.229 e. The SMILES string of the molecule is COc1ccc(CCN)cc1Nc1ncc(Cl)c(Nc2cc(F)ccc2S(=O)(=O)C(C)C)n1. The lowest BCUT2D eigenvalue weighted by Gasteiger charge is -2.16. The Morgan fingerprint density at radius 3 is 2.58 bits per heavy atom. The molecule has 0 fully saturated rings. The second kappa shape index (κ2) is 10.3. The number of anilines is 4. The van der Waals surface area contributed by atoms with E-state index in [2.05, 4.69) is 20.6 Å². The molecule has 2 aromatic carbocycles. The zero-order valence-corrected chi connectivity index (χ0v) is 20.0. The first kappa shape index (κ1) is 24.7. The number of hydrogen-bond acceptors (Lipinski definition) is 8. The number of benzene rings is 2. The van der Waals surface area contributed by atoms with Crippen molar-refractivity contribution in [3.05, 3.63) is 59.0 Å². The van der Waals surface area contributed by atoms with Crippen molar-refractivity contribution in [3.8, 4) is 5.75 Å². The third-order valence-corrected chi connectivity index (χ3v) is 7.30. The number of halogens is 2. The Kier molecular flexibility index (Phi) is 7.72. The summed E-state index contributed by atoms with van der Waals surface area (Å²) >= 11 is 6.25. The van der Waals surface area contributed by atoms with E-state index in [1.54, 1.807) is 27.0 Å². The molecule has 0 aliphatic heterocycles. The molecule has 0 unspecified atom stereocenters. The topological polar surface area (TPSA) is 119 Å². The quantitative estimate of drug-likeness (QED) is 0.374. The van der Waals surface area contributed by atoms with E-state index in [-0.39, 0.29) is 27.4 Å². The first-order chi connectivity index (χ1) is 15.6. The Morgan fingerprint density at radius 1 is 1.15 bits per heavy atom. The Morgan fingerprint density at radius 2 is 1.91 bits per heavy atom. The lowest BCUT2D eigenvalue weighted by atomic mass is 10.1. The Bertz CT molecular complexity index is 1250. The van der Waals surface area contributed by atoms with E-state index < -0.39 is 20.9 Å². The van der Waals surface area contributed by atoms with Gasteiger partial charge >= 0.3 is 0 Å². The first-order valence-electron chi connectivity index (χ1n) is 10.1. The van der Waals surface area contributed by atoms with Gasteiger partial charge in [-0.15, -0.1) is 0 Å². The molecule has 0 radical (unpaired) electrons. The molecule has 1 aromatic heterocycles. The van der Waals surface area contributed by atoms with Crippen molar-refractivity contribution >= 4 is 44.6 Å². The molecule has 8 nitrogen and oxygen atoms in total. The zero-order chi connectivity index (χ0) is 24.2. The van der Waals surface area contributed by atoms with Gasteiger partial charge in [0, 0.05) is 0 Å². The van der Waals surface area contributed by atoms with Crippen LogP contribution in [0.3, 0.4) is 0 Å². The molecule has 1 heterocycles. The van der Waals surface area contributed by atoms with Crippen molar-refractivity contribution in [2.45, 2.75) is 30.4 Å². The highest BCUT2D eigenvalue weighted by atomic mass is 35.5. The highest BCUT2D eigenvalue weighted by Crippen LogP contribution is 2.32. The van der Waals surface area contributed by atoms with E-state index in [1.807, 2.05) is 12.1 Å². The molecule has 0 saturated heterocycles. The summed E-state index contributed by atoms with van der Waals surface area (Å²) < 4.78 is 44.8. The zero-order valence-electron chi connectivity index (χ0n) is 18.4. The van der Waals surface area contributed by atoms with Crippen LogP contribution in [0.25, 0.3) is 0 Å². The largest absolute Gasteiger partial charge is 0.495 e. The van der Waals surface area contributed by atoms with Crippen LogP contribution in [0.15, 0.2) is 47.5 Å². The van der Waals surface area contributed by atoms with Gasteiger partial charge in [0.2, 0.25) is 5.95 Å². The molecule has 0 spiro atoms. The highest BCUT2D eigenvalue weighted by molar-refractivity contribution is 7.92. The maximum Gasteiger partial charge on any atom is 0.229 e. The fourth-order valence-corrected chi connectivity index (χ4v) is 4.36. The monoisotopic (exact) mass is 493 g/mol. The molecule has 3 rings (SSSR count). The maximum absolute atomic E-state index is 14.0. The molecule has 0 saturated carbocycles. The number of hydrogen-bond donors (Lipinski definition) is 3. The van der Waals surface area contributed by atoms with E-state index in [1.165, 1.54) is 12.3 Å². The Labute approximate surface area is 197 Å². The Balaban J connectivity index is 1.98. The molecule has 0 bridgehead atoms. The van der Waals surface area contributed by atoms with Crippen LogP contribution in [0.1, 0.15) is 19.4 Å². The number of methoxy groups -OCH3 is 1. The number of nitrogens with two attached hydrogens (primary N) is 1. The van der Waals surface area contributed by atoms with Crippen LogP contribution < -0.4 is 21.1 Å². The predicted molar refractivity (Wildman–Crippen MR) is 128 cm³/mol. The van der Waals surface area contributed by atoms with Crippen molar-refractivity contribution in [3.63, 3.8) is 0 Å². The summed E-state index contributed by atoms with van der Waals surface area (Å²) in [5, 5.41) is 5.34. The number of ether oxygens (including phenoxy) is 1. The summed E-state index contributed by atoms with van der Waals surface area (Å²) in [7, 11) is -2.15. The number of nitrogens with one attached hydrogen (secondary N) is 2. The average Bonchev–Trinajstić information content (AvgIpc) is 2.76. The molecule has 4 N–H and O–H groups in total. The summed E-state index contributed by atoms with van der Waals surface area (Å²) in [4.78, 5) is 8.47. The van der Waals surface area contributed by atoms with Crippen LogP contribution in [0.5, 0.6) is 5.75 Å². The van der Waals surface area contributed by atoms with Crippen molar-refractivity contribution in [2.75, 3.05) is 24.3 Å². The summed E-state index contributed by atoms with van der Waals surface area (Å²) in [6.07, 6.45) is 2.03. The summed E-state index contributed by atoms with van der Waals surface area (Å²) in [6.45, 7) is 3.59. The third kappa shape index (κ3) is 5.70. The fraction of sp³-hybridized carbons (Fsp3) is 0.273. The lowest BCUT2D eigenvalue weighted by Crippen LogP contribution is -2.16. The van der Waals surface area contributed by atoms with Crippen molar-refractivity contribution in [2.24, 2.45) is 5.73 Å². The first-order valence-corrected chi connectivity index (χ1v) is 12.0. The molecule has 11 heteroatoms. The van der Waals surface area contributed by atoms with Crippen molar-refractivity contribution in [1.82, 2.24) is 9.97 Å². The van der Waals surface area contributed by atoms with Gasteiger partial charge in [-0.25, -0.2) is 17.8 Å². The maximum atomic E-state index is 14.0. The molecular formula is C22H25ClFN5O3S. The van der Waals surface area contributed by atoms with Crippen LogP contribution in [-0.4, -0.2) is 37.3 Å². The number of aromatic nitrogens is 2. The van der Waals surface area contributed by atoms with Gasteiger partial charge in [0.1, 0.15) is 16.6 Å². The minimum Gasteiger partial charge on any atom is -0.495 e. The van der Waals surface area contributed by atoms with Crippen LogP contribution >= 0.6 is 11.6 Å². The summed E-state index contributed by atoms with van der Waals surface area (Å²) in [6, 6.07) is 8.98. The predicted octanol–water partition coefficient (Wildman–Crippen LogP) is 4.45. The van der Waals surface area contributed by atoms with Gasteiger partial charge in [-0.2, -0.15) is 4.98 Å². The Hall–Kier alpha value is -2.95. The normalized spacial score (nSPS) is 11.5. The average molecular weight is 494 g/mol. The minimum atomic E-state index is -3.69. The van der Waals surface area contributed by atoms with E-state index in [0.717, 1.165) is 17.7 Å². The van der Waals surface area contributed by atoms with Gasteiger partial charge in [-0.1, -0.05) is 17.7 Å². The number of nitrogens with zero attached hydrogens (tertiary/aromatic N) is 2. The van der Waals surface area contributed by atoms with Crippen molar-refractivity contribution < 1.29 is 17.5 Å². The van der Waals surface area contributed by atoms with Crippen molar-refractivity contribution in [1.29, 1.82) is 0 Å². The second-order valence-electron chi connectivity index (χ2n) is 7.45. The second-order valence-corrected chi connectivity index (χ2v) is 10.3. The van der Waals surface area contributed by atoms with Gasteiger partial charge in [-0.3, -0.25) is 0 Å². The van der Waals surface area contributed by atoms with Crippen LogP contribution in [-0.2, 0) is 16.3 Å². The molecule has 0 aliphatic carbocycles. The van der Waals surface area contributed by atoms with Crippen LogP contribution in [0, 0.1) is 5.82 Å². The van der Waals surface area contributed by atoms with E-state index in [9.17, 15) is 12.8 Å². The fourth-order valence-electron chi connectivity index (χ4n) is 3.04. The highest BCUT2D eigenvalue weighted by Gasteiger charge is 2.24. The van der Waals surface area contributed by atoms with Gasteiger partial charge in [-0.05, 0) is 62.7 Å². The lowest BCUT2D eigenvalue weighted by molar-refractivity contribution is 0.416. The molecule has 3 aromatic rings. The molecule has 0 atom stereocenters. The molecule has 33 heavy (non-hydrogen) atoms. The molecule has 0 amide bonds.